The number of urea groups is 1. The summed E-state index contributed by atoms with van der Waals surface area (Å²) >= 11 is 14.6. The maximum Gasteiger partial charge on any atom is 0.317 e. The summed E-state index contributed by atoms with van der Waals surface area (Å²) in [5, 5.41) is 4.06. The normalized spacial score (nSPS) is 17.8. The third-order valence-corrected chi connectivity index (χ3v) is 6.54. The second-order valence-electron chi connectivity index (χ2n) is 6.08. The van der Waals surface area contributed by atoms with Gasteiger partial charge in [0.1, 0.15) is 0 Å². The fourth-order valence-electron chi connectivity index (χ4n) is 2.79. The molecule has 23 heavy (non-hydrogen) atoms. The molecule has 1 saturated heterocycles. The van der Waals surface area contributed by atoms with Crippen molar-refractivity contribution in [3.8, 4) is 0 Å². The molecule has 1 aliphatic rings. The van der Waals surface area contributed by atoms with Crippen LogP contribution in [0.5, 0.6) is 0 Å². The monoisotopic (exact) mass is 469 g/mol. The number of hydrogen-bond acceptors (Lipinski definition) is 2. The van der Waals surface area contributed by atoms with E-state index in [4.69, 9.17) is 23.2 Å². The van der Waals surface area contributed by atoms with Crippen LogP contribution in [0.3, 0.4) is 0 Å². The number of benzene rings is 1. The first-order valence-electron chi connectivity index (χ1n) is 7.66. The molecule has 1 heterocycles. The molecule has 1 aliphatic heterocycles. The summed E-state index contributed by atoms with van der Waals surface area (Å²) < 4.78 is 0.903. The largest absolute Gasteiger partial charge is 0.331 e. The lowest BCUT2D eigenvalue weighted by molar-refractivity contribution is 0.146. The molecule has 0 aromatic heterocycles. The Morgan fingerprint density at radius 1 is 1.35 bits per heavy atom. The lowest BCUT2D eigenvalue weighted by atomic mass is 10.0. The van der Waals surface area contributed by atoms with E-state index in [9.17, 15) is 4.79 Å². The maximum absolute atomic E-state index is 12.5. The fraction of sp³-hybridized carbons (Fsp3) is 0.562. The lowest BCUT2D eigenvalue weighted by Crippen LogP contribution is -2.48. The van der Waals surface area contributed by atoms with Gasteiger partial charge in [0.2, 0.25) is 0 Å². The first-order chi connectivity index (χ1) is 10.8. The van der Waals surface area contributed by atoms with Gasteiger partial charge in [0, 0.05) is 16.7 Å². The Labute approximate surface area is 161 Å². The molecular formula is C16H22Cl2IN3O. The van der Waals surface area contributed by atoms with Crippen molar-refractivity contribution < 1.29 is 4.79 Å². The van der Waals surface area contributed by atoms with E-state index in [0.29, 0.717) is 10.0 Å². The number of carbonyl (C=O) groups is 1. The molecule has 1 aromatic carbocycles. The number of nitrogens with zero attached hydrogens (tertiary/aromatic N) is 2. The minimum Gasteiger partial charge on any atom is -0.331 e. The number of nitrogens with one attached hydrogen (secondary N) is 1. The van der Waals surface area contributed by atoms with Crippen molar-refractivity contribution in [2.75, 3.05) is 27.2 Å². The van der Waals surface area contributed by atoms with E-state index in [-0.39, 0.29) is 18.1 Å². The predicted octanol–water partition coefficient (Wildman–Crippen LogP) is 4.39. The Morgan fingerprint density at radius 2 is 1.96 bits per heavy atom. The highest BCUT2D eigenvalue weighted by atomic mass is 127. The Morgan fingerprint density at radius 3 is 2.57 bits per heavy atom. The maximum atomic E-state index is 12.5. The molecule has 7 heteroatoms. The smallest absolute Gasteiger partial charge is 0.317 e. The molecule has 128 valence electrons. The van der Waals surface area contributed by atoms with E-state index in [1.165, 1.54) is 0 Å². The molecular weight excluding hydrogens is 448 g/mol. The number of likely N-dealkylation sites (tertiary alicyclic amines) is 1. The Bertz CT molecular complexity index is 577. The molecule has 1 N–H and O–H groups in total. The topological polar surface area (TPSA) is 35.6 Å². The highest BCUT2D eigenvalue weighted by molar-refractivity contribution is 14.1. The zero-order valence-corrected chi connectivity index (χ0v) is 17.2. The summed E-state index contributed by atoms with van der Waals surface area (Å²) in [5.41, 5.74) is 0.835. The summed E-state index contributed by atoms with van der Waals surface area (Å²) in [6.45, 7) is 3.97. The van der Waals surface area contributed by atoms with Crippen molar-refractivity contribution in [3.05, 3.63) is 31.3 Å². The zero-order chi connectivity index (χ0) is 17.1. The van der Waals surface area contributed by atoms with Gasteiger partial charge in [0.15, 0.2) is 0 Å². The van der Waals surface area contributed by atoms with Crippen LogP contribution in [0.4, 0.5) is 4.79 Å². The van der Waals surface area contributed by atoms with Gasteiger partial charge in [-0.3, -0.25) is 0 Å². The van der Waals surface area contributed by atoms with Gasteiger partial charge in [0.25, 0.3) is 0 Å². The summed E-state index contributed by atoms with van der Waals surface area (Å²) in [7, 11) is 3.97. The third kappa shape index (κ3) is 4.65. The van der Waals surface area contributed by atoms with Crippen molar-refractivity contribution >= 4 is 51.8 Å². The van der Waals surface area contributed by atoms with Crippen LogP contribution in [0.25, 0.3) is 0 Å². The quantitative estimate of drug-likeness (QED) is 0.526. The number of hydrogen-bond donors (Lipinski definition) is 1. The van der Waals surface area contributed by atoms with E-state index in [1.54, 1.807) is 0 Å². The van der Waals surface area contributed by atoms with E-state index in [1.807, 2.05) is 31.0 Å². The molecule has 1 aromatic rings. The third-order valence-electron chi connectivity index (χ3n) is 4.43. The first-order valence-corrected chi connectivity index (χ1v) is 9.50. The van der Waals surface area contributed by atoms with Gasteiger partial charge in [-0.1, -0.05) is 29.3 Å². The SMILES string of the molecule is CC(NC(=O)N(C)C1CCN(C)CC1)c1ccc(I)c(Cl)c1Cl. The van der Waals surface area contributed by atoms with Crippen molar-refractivity contribution in [1.29, 1.82) is 0 Å². The number of carbonyl (C=O) groups excluding carboxylic acids is 1. The van der Waals surface area contributed by atoms with Gasteiger partial charge in [-0.2, -0.15) is 0 Å². The van der Waals surface area contributed by atoms with Crippen molar-refractivity contribution in [1.82, 2.24) is 15.1 Å². The van der Waals surface area contributed by atoms with Crippen LogP contribution in [0.2, 0.25) is 10.0 Å². The van der Waals surface area contributed by atoms with E-state index in [2.05, 4.69) is 39.9 Å². The van der Waals surface area contributed by atoms with Crippen molar-refractivity contribution in [3.63, 3.8) is 0 Å². The van der Waals surface area contributed by atoms with Crippen LogP contribution in [0.15, 0.2) is 12.1 Å². The van der Waals surface area contributed by atoms with E-state index in [0.717, 1.165) is 35.1 Å². The molecule has 0 aliphatic carbocycles. The van der Waals surface area contributed by atoms with Crippen LogP contribution in [-0.2, 0) is 0 Å². The molecule has 0 radical (unpaired) electrons. The summed E-state index contributed by atoms with van der Waals surface area (Å²) in [4.78, 5) is 16.6. The lowest BCUT2D eigenvalue weighted by Gasteiger charge is -2.35. The van der Waals surface area contributed by atoms with Gasteiger partial charge in [-0.05, 0) is 74.1 Å². The van der Waals surface area contributed by atoms with Crippen LogP contribution < -0.4 is 5.32 Å². The molecule has 0 bridgehead atoms. The molecule has 4 nitrogen and oxygen atoms in total. The fourth-order valence-corrected chi connectivity index (χ4v) is 3.90. The highest BCUT2D eigenvalue weighted by Crippen LogP contribution is 2.33. The molecule has 1 atom stereocenters. The average molecular weight is 470 g/mol. The minimum absolute atomic E-state index is 0.0715. The van der Waals surface area contributed by atoms with Gasteiger partial charge in [-0.25, -0.2) is 4.79 Å². The summed E-state index contributed by atoms with van der Waals surface area (Å²) in [5.74, 6) is 0. The molecule has 1 unspecified atom stereocenters. The van der Waals surface area contributed by atoms with E-state index >= 15 is 0 Å². The average Bonchev–Trinajstić information content (AvgIpc) is 2.52. The van der Waals surface area contributed by atoms with Crippen LogP contribution in [-0.4, -0.2) is 49.1 Å². The minimum atomic E-state index is -0.196. The number of piperidine rings is 1. The Balaban J connectivity index is 2.01. The standard InChI is InChI=1S/C16H22Cl2IN3O/c1-10(12-4-5-13(19)15(18)14(12)17)20-16(23)22(3)11-6-8-21(2)9-7-11/h4-5,10-11H,6-9H2,1-3H3,(H,20,23). The van der Waals surface area contributed by atoms with Gasteiger partial charge < -0.3 is 15.1 Å². The van der Waals surface area contributed by atoms with Crippen LogP contribution in [0.1, 0.15) is 31.4 Å². The zero-order valence-electron chi connectivity index (χ0n) is 13.6. The molecule has 2 amide bonds. The van der Waals surface area contributed by atoms with Crippen molar-refractivity contribution in [2.24, 2.45) is 0 Å². The van der Waals surface area contributed by atoms with Crippen molar-refractivity contribution in [2.45, 2.75) is 31.8 Å². The second-order valence-corrected chi connectivity index (χ2v) is 8.00. The second kappa shape index (κ2) is 8.23. The Hall–Kier alpha value is -0.240. The van der Waals surface area contributed by atoms with Crippen LogP contribution in [0, 0.1) is 3.57 Å². The van der Waals surface area contributed by atoms with E-state index < -0.39 is 0 Å². The van der Waals surface area contributed by atoms with Gasteiger partial charge >= 0.3 is 6.03 Å². The summed E-state index contributed by atoms with van der Waals surface area (Å²) in [6.07, 6.45) is 2.01. The highest BCUT2D eigenvalue weighted by Gasteiger charge is 2.25. The number of rotatable bonds is 3. The molecule has 1 fully saturated rings. The Kier molecular flexibility index (Phi) is 6.83. The number of halogens is 3. The predicted molar refractivity (Wildman–Crippen MR) is 104 cm³/mol. The number of amides is 2. The van der Waals surface area contributed by atoms with Gasteiger partial charge in [0.05, 0.1) is 16.1 Å². The summed E-state index contributed by atoms with van der Waals surface area (Å²) in [6, 6.07) is 3.84. The molecule has 2 rings (SSSR count). The van der Waals surface area contributed by atoms with Crippen LogP contribution >= 0.6 is 45.8 Å². The first kappa shape index (κ1) is 19.1. The molecule has 0 spiro atoms. The van der Waals surface area contributed by atoms with Gasteiger partial charge in [-0.15, -0.1) is 0 Å². The molecule has 0 saturated carbocycles.